The molecule has 0 heterocycles. The van der Waals surface area contributed by atoms with Gasteiger partial charge in [0.15, 0.2) is 0 Å². The van der Waals surface area contributed by atoms with Crippen LogP contribution in [0.1, 0.15) is 142 Å². The molecule has 0 bridgehead atoms. The molecule has 0 fully saturated rings. The maximum absolute atomic E-state index is 12.3. The van der Waals surface area contributed by atoms with Crippen molar-refractivity contribution in [1.29, 1.82) is 0 Å². The predicted molar refractivity (Wildman–Crippen MR) is 141 cm³/mol. The van der Waals surface area contributed by atoms with Crippen molar-refractivity contribution < 1.29 is 25.2 Å². The fourth-order valence-corrected chi connectivity index (χ4v) is 4.40. The van der Waals surface area contributed by atoms with Gasteiger partial charge in [-0.3, -0.25) is 4.79 Å². The minimum Gasteiger partial charge on any atom is -0.394 e. The van der Waals surface area contributed by atoms with Crippen LogP contribution in [-0.4, -0.2) is 57.3 Å². The monoisotopic (exact) mass is 487 g/mol. The van der Waals surface area contributed by atoms with Crippen LogP contribution in [0, 0.1) is 0 Å². The van der Waals surface area contributed by atoms with Crippen LogP contribution in [-0.2, 0) is 4.79 Å². The molecule has 0 radical (unpaired) electrons. The number of aliphatic hydroxyl groups excluding tert-OH is 4. The van der Waals surface area contributed by atoms with E-state index in [1.807, 2.05) is 0 Å². The van der Waals surface area contributed by atoms with E-state index >= 15 is 0 Å². The highest BCUT2D eigenvalue weighted by Gasteiger charge is 2.28. The molecule has 0 aromatic carbocycles. The first-order valence-electron chi connectivity index (χ1n) is 14.4. The van der Waals surface area contributed by atoms with E-state index in [2.05, 4.69) is 19.2 Å². The first-order chi connectivity index (χ1) is 16.5. The van der Waals surface area contributed by atoms with Crippen molar-refractivity contribution >= 4 is 5.91 Å². The third kappa shape index (κ3) is 18.6. The van der Waals surface area contributed by atoms with Crippen molar-refractivity contribution in [2.75, 3.05) is 6.61 Å². The fourth-order valence-electron chi connectivity index (χ4n) is 4.40. The van der Waals surface area contributed by atoms with E-state index in [9.17, 15) is 25.2 Å². The Morgan fingerprint density at radius 2 is 1.00 bits per heavy atom. The van der Waals surface area contributed by atoms with Gasteiger partial charge in [0.25, 0.3) is 0 Å². The molecule has 0 aromatic rings. The highest BCUT2D eigenvalue weighted by Crippen LogP contribution is 2.15. The van der Waals surface area contributed by atoms with Crippen LogP contribution < -0.4 is 5.32 Å². The second kappa shape index (κ2) is 24.0. The molecule has 34 heavy (non-hydrogen) atoms. The lowest BCUT2D eigenvalue weighted by molar-refractivity contribution is -0.132. The van der Waals surface area contributed by atoms with Gasteiger partial charge in [-0.05, 0) is 12.8 Å². The Balaban J connectivity index is 3.95. The number of rotatable bonds is 25. The Bertz CT molecular complexity index is 449. The van der Waals surface area contributed by atoms with Crippen molar-refractivity contribution in [2.24, 2.45) is 0 Å². The van der Waals surface area contributed by atoms with Crippen LogP contribution >= 0.6 is 0 Å². The number of aliphatic hydroxyl groups is 4. The predicted octanol–water partition coefficient (Wildman–Crippen LogP) is 5.39. The molecule has 0 rings (SSSR count). The van der Waals surface area contributed by atoms with E-state index in [4.69, 9.17) is 0 Å². The molecule has 0 aliphatic carbocycles. The number of carbonyl (C=O) groups is 1. The quantitative estimate of drug-likeness (QED) is 0.111. The molecule has 1 amide bonds. The highest BCUT2D eigenvalue weighted by molar-refractivity contribution is 5.80. The maximum atomic E-state index is 12.3. The van der Waals surface area contributed by atoms with Gasteiger partial charge in [-0.25, -0.2) is 0 Å². The summed E-state index contributed by atoms with van der Waals surface area (Å²) in [5.41, 5.74) is 0. The summed E-state index contributed by atoms with van der Waals surface area (Å²) in [7, 11) is 0. The molecule has 6 nitrogen and oxygen atoms in total. The largest absolute Gasteiger partial charge is 0.394 e. The molecular weight excluding hydrogens is 430 g/mol. The number of hydrogen-bond donors (Lipinski definition) is 5. The highest BCUT2D eigenvalue weighted by atomic mass is 16.3. The number of unbranched alkanes of at least 4 members (excludes halogenated alkanes) is 16. The van der Waals surface area contributed by atoms with Crippen LogP contribution in [0.2, 0.25) is 0 Å². The van der Waals surface area contributed by atoms with Gasteiger partial charge >= 0.3 is 0 Å². The molecule has 0 spiro atoms. The van der Waals surface area contributed by atoms with E-state index in [0.29, 0.717) is 12.8 Å². The third-order valence-electron chi connectivity index (χ3n) is 6.82. The van der Waals surface area contributed by atoms with Crippen molar-refractivity contribution in [3.8, 4) is 0 Å². The van der Waals surface area contributed by atoms with Gasteiger partial charge in [0.2, 0.25) is 5.91 Å². The Kier molecular flexibility index (Phi) is 23.5. The molecule has 0 saturated carbocycles. The molecule has 0 saturated heterocycles. The van der Waals surface area contributed by atoms with E-state index in [1.54, 1.807) is 0 Å². The van der Waals surface area contributed by atoms with E-state index in [1.165, 1.54) is 77.0 Å². The Morgan fingerprint density at radius 1 is 0.618 bits per heavy atom. The lowest BCUT2D eigenvalue weighted by atomic mass is 9.99. The Labute approximate surface area is 209 Å². The SMILES string of the molecule is CCCCCCCCCCCCC(O)C(O)C(CO)NC(=O)C(O)CCCCCCCCCC. The van der Waals surface area contributed by atoms with Crippen LogP contribution in [0.4, 0.5) is 0 Å². The van der Waals surface area contributed by atoms with Gasteiger partial charge in [0.05, 0.1) is 18.8 Å². The van der Waals surface area contributed by atoms with Gasteiger partial charge in [-0.1, -0.05) is 129 Å². The zero-order valence-electron chi connectivity index (χ0n) is 22.4. The van der Waals surface area contributed by atoms with Crippen molar-refractivity contribution in [3.05, 3.63) is 0 Å². The standard InChI is InChI=1S/C28H57NO5/c1-3-5-7-9-11-13-14-16-17-19-21-25(31)27(33)24(23-30)29-28(34)26(32)22-20-18-15-12-10-8-6-4-2/h24-27,30-33H,3-23H2,1-2H3,(H,29,34). The lowest BCUT2D eigenvalue weighted by Gasteiger charge is -2.27. The zero-order valence-corrected chi connectivity index (χ0v) is 22.4. The summed E-state index contributed by atoms with van der Waals surface area (Å²) < 4.78 is 0. The summed E-state index contributed by atoms with van der Waals surface area (Å²) in [5, 5.41) is 42.9. The van der Waals surface area contributed by atoms with Gasteiger partial charge in [0.1, 0.15) is 12.2 Å². The van der Waals surface area contributed by atoms with Gasteiger partial charge in [-0.15, -0.1) is 0 Å². The van der Waals surface area contributed by atoms with E-state index < -0.39 is 36.9 Å². The molecule has 5 N–H and O–H groups in total. The summed E-state index contributed by atoms with van der Waals surface area (Å²) in [5.74, 6) is -0.591. The molecule has 4 atom stereocenters. The molecular formula is C28H57NO5. The summed E-state index contributed by atoms with van der Waals surface area (Å²) in [4.78, 5) is 12.3. The molecule has 204 valence electrons. The van der Waals surface area contributed by atoms with E-state index in [0.717, 1.165) is 38.5 Å². The zero-order chi connectivity index (χ0) is 25.4. The van der Waals surface area contributed by atoms with Gasteiger partial charge in [-0.2, -0.15) is 0 Å². The normalized spacial score (nSPS) is 15.1. The fraction of sp³-hybridized carbons (Fsp3) is 0.964. The van der Waals surface area contributed by atoms with Crippen molar-refractivity contribution in [2.45, 2.75) is 167 Å². The molecule has 0 aromatic heterocycles. The van der Waals surface area contributed by atoms with Crippen LogP contribution in [0.5, 0.6) is 0 Å². The first kappa shape index (κ1) is 33.3. The molecule has 0 aliphatic heterocycles. The number of nitrogens with one attached hydrogen (secondary N) is 1. The Morgan fingerprint density at radius 3 is 1.41 bits per heavy atom. The summed E-state index contributed by atoms with van der Waals surface area (Å²) >= 11 is 0. The minimum atomic E-state index is -1.25. The smallest absolute Gasteiger partial charge is 0.249 e. The number of carbonyl (C=O) groups excluding carboxylic acids is 1. The van der Waals surface area contributed by atoms with Crippen LogP contribution in [0.15, 0.2) is 0 Å². The van der Waals surface area contributed by atoms with Crippen LogP contribution in [0.3, 0.4) is 0 Å². The van der Waals surface area contributed by atoms with Crippen molar-refractivity contribution in [3.63, 3.8) is 0 Å². The molecule has 6 heteroatoms. The first-order valence-corrected chi connectivity index (χ1v) is 14.4. The molecule has 4 unspecified atom stereocenters. The maximum Gasteiger partial charge on any atom is 0.249 e. The number of amides is 1. The van der Waals surface area contributed by atoms with Crippen LogP contribution in [0.25, 0.3) is 0 Å². The van der Waals surface area contributed by atoms with Crippen molar-refractivity contribution in [1.82, 2.24) is 5.32 Å². The topological polar surface area (TPSA) is 110 Å². The summed E-state index contributed by atoms with van der Waals surface area (Å²) in [6.07, 6.45) is 18.5. The second-order valence-corrected chi connectivity index (χ2v) is 10.1. The summed E-state index contributed by atoms with van der Waals surface area (Å²) in [6.45, 7) is 3.95. The third-order valence-corrected chi connectivity index (χ3v) is 6.82. The summed E-state index contributed by atoms with van der Waals surface area (Å²) in [6, 6.07) is -0.973. The second-order valence-electron chi connectivity index (χ2n) is 10.1. The average molecular weight is 488 g/mol. The minimum absolute atomic E-state index is 0.371. The number of hydrogen-bond acceptors (Lipinski definition) is 5. The van der Waals surface area contributed by atoms with Gasteiger partial charge in [0, 0.05) is 0 Å². The average Bonchev–Trinajstić information content (AvgIpc) is 2.84. The van der Waals surface area contributed by atoms with Gasteiger partial charge < -0.3 is 25.7 Å². The Hall–Kier alpha value is -0.690. The van der Waals surface area contributed by atoms with E-state index in [-0.39, 0.29) is 0 Å². The lowest BCUT2D eigenvalue weighted by Crippen LogP contribution is -2.53. The molecule has 0 aliphatic rings.